The topological polar surface area (TPSA) is 55.0 Å². The van der Waals surface area contributed by atoms with Crippen LogP contribution in [0.15, 0.2) is 24.2 Å². The van der Waals surface area contributed by atoms with Crippen molar-refractivity contribution in [2.24, 2.45) is 46.3 Å². The molecule has 4 nitrogen and oxygen atoms in total. The summed E-state index contributed by atoms with van der Waals surface area (Å²) >= 11 is 0. The first kappa shape index (κ1) is 28.0. The first-order chi connectivity index (χ1) is 18.2. The van der Waals surface area contributed by atoms with Gasteiger partial charge in [0.15, 0.2) is 0 Å². The molecule has 4 heteroatoms. The van der Waals surface area contributed by atoms with Crippen LogP contribution in [0.2, 0.25) is 0 Å². The predicted octanol–water partition coefficient (Wildman–Crippen LogP) is 8.69. The maximum Gasteiger partial charge on any atom is 0.306 e. The summed E-state index contributed by atoms with van der Waals surface area (Å²) in [5, 5.41) is 0. The fourth-order valence-electron chi connectivity index (χ4n) is 9.83. The third kappa shape index (κ3) is 5.52. The predicted molar refractivity (Wildman–Crippen MR) is 154 cm³/mol. The minimum Gasteiger partial charge on any atom is -0.462 e. The molecule has 5 rings (SSSR count). The molecular weight excluding hydrogens is 468 g/mol. The highest BCUT2D eigenvalue weighted by molar-refractivity contribution is 5.69. The molecule has 38 heavy (non-hydrogen) atoms. The Morgan fingerprint density at radius 2 is 1.89 bits per heavy atom. The van der Waals surface area contributed by atoms with Crippen molar-refractivity contribution in [1.29, 1.82) is 0 Å². The first-order valence-corrected chi connectivity index (χ1v) is 16.1. The Kier molecular flexibility index (Phi) is 8.46. The molecule has 4 aliphatic carbocycles. The fraction of sp³-hybridized carbons (Fsp3) is 0.824. The van der Waals surface area contributed by atoms with Crippen LogP contribution in [0.25, 0.3) is 0 Å². The van der Waals surface area contributed by atoms with Gasteiger partial charge in [-0.25, -0.2) is 4.98 Å². The molecule has 1 heterocycles. The van der Waals surface area contributed by atoms with Crippen molar-refractivity contribution in [2.75, 3.05) is 0 Å². The summed E-state index contributed by atoms with van der Waals surface area (Å²) in [6.07, 6.45) is 23.0. The van der Waals surface area contributed by atoms with E-state index in [9.17, 15) is 4.79 Å². The van der Waals surface area contributed by atoms with Gasteiger partial charge in [-0.05, 0) is 91.3 Å². The molecule has 0 spiro atoms. The molecule has 8 atom stereocenters. The summed E-state index contributed by atoms with van der Waals surface area (Å²) < 4.78 is 5.98. The SMILES string of the molecule is CC(C)CCCCC(C)[C@H]1CCC2C3CC=C4C[C@@H](OC(=O)CCc5c[nH]cn5)CC[C@]4(C)C3CC[C@@]21C. The van der Waals surface area contributed by atoms with Crippen LogP contribution in [0.5, 0.6) is 0 Å². The Bertz CT molecular complexity index is 967. The molecule has 3 saturated carbocycles. The number of aryl methyl sites for hydroxylation is 1. The number of carbonyl (C=O) groups excluding carboxylic acids is 1. The molecule has 0 aliphatic heterocycles. The second kappa shape index (κ2) is 11.5. The smallest absolute Gasteiger partial charge is 0.306 e. The number of unbranched alkanes of at least 4 members (excludes halogenated alkanes) is 1. The Morgan fingerprint density at radius 1 is 1.08 bits per heavy atom. The van der Waals surface area contributed by atoms with E-state index in [-0.39, 0.29) is 12.1 Å². The lowest BCUT2D eigenvalue weighted by Crippen LogP contribution is -2.51. The van der Waals surface area contributed by atoms with Crippen molar-refractivity contribution in [3.8, 4) is 0 Å². The summed E-state index contributed by atoms with van der Waals surface area (Å²) in [7, 11) is 0. The summed E-state index contributed by atoms with van der Waals surface area (Å²) in [6, 6.07) is 0. The minimum absolute atomic E-state index is 0.0545. The van der Waals surface area contributed by atoms with Crippen LogP contribution < -0.4 is 0 Å². The summed E-state index contributed by atoms with van der Waals surface area (Å²) in [6.45, 7) is 12.6. The number of allylic oxidation sites excluding steroid dienone is 1. The van der Waals surface area contributed by atoms with E-state index in [0.29, 0.717) is 23.7 Å². The van der Waals surface area contributed by atoms with Crippen LogP contribution >= 0.6 is 0 Å². The van der Waals surface area contributed by atoms with E-state index in [1.54, 1.807) is 11.9 Å². The molecule has 4 unspecified atom stereocenters. The van der Waals surface area contributed by atoms with Gasteiger partial charge in [0.05, 0.1) is 18.4 Å². The van der Waals surface area contributed by atoms with E-state index in [1.807, 2.05) is 6.20 Å². The van der Waals surface area contributed by atoms with Crippen LogP contribution in [-0.4, -0.2) is 22.0 Å². The van der Waals surface area contributed by atoms with Gasteiger partial charge in [-0.3, -0.25) is 4.79 Å². The largest absolute Gasteiger partial charge is 0.462 e. The highest BCUT2D eigenvalue weighted by Crippen LogP contribution is 2.67. The molecule has 0 saturated heterocycles. The van der Waals surface area contributed by atoms with E-state index in [4.69, 9.17) is 4.74 Å². The van der Waals surface area contributed by atoms with Gasteiger partial charge in [-0.2, -0.15) is 0 Å². The standard InChI is InChI=1S/C34H54N2O2/c1-23(2)8-6-7-9-24(3)29-13-14-30-28-12-10-25-20-27(38-32(37)15-11-26-21-35-22-36-26)16-18-33(25,4)31(28)17-19-34(29,30)5/h10,21-24,27-31H,6-9,11-20H2,1-5H3,(H,35,36)/t24?,27-,28?,29+,30?,31?,33-,34+/m0/s1. The third-order valence-electron chi connectivity index (χ3n) is 11.9. The average Bonchev–Trinajstić information content (AvgIpc) is 3.53. The molecular formula is C34H54N2O2. The number of hydrogen-bond donors (Lipinski definition) is 1. The lowest BCUT2D eigenvalue weighted by atomic mass is 9.47. The number of imidazole rings is 1. The molecule has 1 N–H and O–H groups in total. The molecule has 0 bridgehead atoms. The Labute approximate surface area is 232 Å². The Morgan fingerprint density at radius 3 is 2.66 bits per heavy atom. The van der Waals surface area contributed by atoms with E-state index in [1.165, 1.54) is 64.2 Å². The van der Waals surface area contributed by atoms with Gasteiger partial charge < -0.3 is 9.72 Å². The molecule has 1 aromatic rings. The van der Waals surface area contributed by atoms with E-state index in [2.05, 4.69) is 50.7 Å². The first-order valence-electron chi connectivity index (χ1n) is 16.1. The van der Waals surface area contributed by atoms with Crippen LogP contribution in [0.3, 0.4) is 0 Å². The van der Waals surface area contributed by atoms with Gasteiger partial charge in [0, 0.05) is 19.0 Å². The average molecular weight is 523 g/mol. The third-order valence-corrected chi connectivity index (χ3v) is 11.9. The maximum atomic E-state index is 12.6. The quantitative estimate of drug-likeness (QED) is 0.190. The molecule has 0 aromatic carbocycles. The number of nitrogens with one attached hydrogen (secondary N) is 1. The monoisotopic (exact) mass is 522 g/mol. The number of fused-ring (bicyclic) bond motifs is 5. The van der Waals surface area contributed by atoms with Crippen LogP contribution in [0.1, 0.15) is 124 Å². The second-order valence-electron chi connectivity index (χ2n) is 14.6. The molecule has 3 fully saturated rings. The Hall–Kier alpha value is -1.58. The summed E-state index contributed by atoms with van der Waals surface area (Å²) in [5.41, 5.74) is 3.38. The number of ether oxygens (including phenoxy) is 1. The number of H-pyrrole nitrogens is 1. The zero-order valence-electron chi connectivity index (χ0n) is 24.9. The van der Waals surface area contributed by atoms with Gasteiger partial charge in [0.1, 0.15) is 6.10 Å². The number of carbonyl (C=O) groups is 1. The maximum absolute atomic E-state index is 12.6. The summed E-state index contributed by atoms with van der Waals surface area (Å²) in [5.74, 6) is 5.13. The number of nitrogens with zero attached hydrogens (tertiary/aromatic N) is 1. The molecule has 0 radical (unpaired) electrons. The molecule has 212 valence electrons. The van der Waals surface area contributed by atoms with Crippen molar-refractivity contribution in [1.82, 2.24) is 9.97 Å². The van der Waals surface area contributed by atoms with Crippen LogP contribution in [0.4, 0.5) is 0 Å². The highest BCUT2D eigenvalue weighted by Gasteiger charge is 2.59. The van der Waals surface area contributed by atoms with E-state index >= 15 is 0 Å². The zero-order chi connectivity index (χ0) is 26.9. The van der Waals surface area contributed by atoms with Crippen LogP contribution in [-0.2, 0) is 16.0 Å². The Balaban J connectivity index is 1.18. The van der Waals surface area contributed by atoms with Crippen molar-refractivity contribution < 1.29 is 9.53 Å². The van der Waals surface area contributed by atoms with Crippen LogP contribution in [0, 0.1) is 46.3 Å². The van der Waals surface area contributed by atoms with Crippen molar-refractivity contribution in [3.63, 3.8) is 0 Å². The van der Waals surface area contributed by atoms with Crippen molar-refractivity contribution in [2.45, 2.75) is 131 Å². The highest BCUT2D eigenvalue weighted by atomic mass is 16.5. The lowest BCUT2D eigenvalue weighted by Gasteiger charge is -2.58. The number of hydrogen-bond acceptors (Lipinski definition) is 3. The van der Waals surface area contributed by atoms with Crippen molar-refractivity contribution >= 4 is 5.97 Å². The zero-order valence-corrected chi connectivity index (χ0v) is 24.9. The number of rotatable bonds is 10. The normalized spacial score (nSPS) is 37.2. The van der Waals surface area contributed by atoms with Gasteiger partial charge in [-0.15, -0.1) is 0 Å². The van der Waals surface area contributed by atoms with Gasteiger partial charge in [-0.1, -0.05) is 72.0 Å². The van der Waals surface area contributed by atoms with Gasteiger partial charge >= 0.3 is 5.97 Å². The molecule has 4 aliphatic rings. The number of esters is 1. The molecule has 0 amide bonds. The molecule has 1 aromatic heterocycles. The lowest BCUT2D eigenvalue weighted by molar-refractivity contribution is -0.151. The van der Waals surface area contributed by atoms with E-state index in [0.717, 1.165) is 54.0 Å². The fourth-order valence-corrected chi connectivity index (χ4v) is 9.83. The van der Waals surface area contributed by atoms with E-state index < -0.39 is 0 Å². The number of aromatic amines is 1. The summed E-state index contributed by atoms with van der Waals surface area (Å²) in [4.78, 5) is 19.7. The van der Waals surface area contributed by atoms with Crippen molar-refractivity contribution in [3.05, 3.63) is 29.9 Å². The number of aromatic nitrogens is 2. The minimum atomic E-state index is -0.0698. The second-order valence-corrected chi connectivity index (χ2v) is 14.6. The van der Waals surface area contributed by atoms with Gasteiger partial charge in [0.2, 0.25) is 0 Å². The van der Waals surface area contributed by atoms with Gasteiger partial charge in [0.25, 0.3) is 0 Å².